The fraction of sp³-hybridized carbons (Fsp3) is 0.571. The van der Waals surface area contributed by atoms with Crippen molar-refractivity contribution < 1.29 is 4.79 Å². The Hall–Kier alpha value is -1.04. The SMILES string of the molecule is CCN(CC)CC(C)NC(=O)Cc1ccc(N)cn1.Cl.Cl. The highest BCUT2D eigenvalue weighted by atomic mass is 35.5. The summed E-state index contributed by atoms with van der Waals surface area (Å²) < 4.78 is 0. The number of likely N-dealkylation sites (N-methyl/N-ethyl adjacent to an activating group) is 1. The molecule has 1 amide bonds. The summed E-state index contributed by atoms with van der Waals surface area (Å²) in [5, 5.41) is 2.99. The van der Waals surface area contributed by atoms with Crippen molar-refractivity contribution in [2.45, 2.75) is 33.2 Å². The Morgan fingerprint density at radius 2 is 1.95 bits per heavy atom. The summed E-state index contributed by atoms with van der Waals surface area (Å²) in [5.74, 6) is -0.00284. The Kier molecular flexibility index (Phi) is 12.3. The molecule has 0 fully saturated rings. The van der Waals surface area contributed by atoms with Gasteiger partial charge in [0.05, 0.1) is 18.3 Å². The molecular formula is C14H26Cl2N4O. The number of nitrogens with two attached hydrogens (primary N) is 1. The van der Waals surface area contributed by atoms with Crippen LogP contribution in [0, 0.1) is 0 Å². The van der Waals surface area contributed by atoms with Gasteiger partial charge in [0.2, 0.25) is 5.91 Å². The van der Waals surface area contributed by atoms with Crippen LogP contribution in [0.2, 0.25) is 0 Å². The first-order valence-electron chi connectivity index (χ1n) is 6.77. The molecule has 0 saturated heterocycles. The van der Waals surface area contributed by atoms with E-state index in [2.05, 4.69) is 29.0 Å². The molecule has 122 valence electrons. The predicted molar refractivity (Wildman–Crippen MR) is 92.2 cm³/mol. The maximum absolute atomic E-state index is 11.9. The highest BCUT2D eigenvalue weighted by molar-refractivity contribution is 5.85. The molecule has 0 saturated carbocycles. The van der Waals surface area contributed by atoms with Crippen LogP contribution in [0.3, 0.4) is 0 Å². The largest absolute Gasteiger partial charge is 0.397 e. The maximum Gasteiger partial charge on any atom is 0.226 e. The van der Waals surface area contributed by atoms with Crippen molar-refractivity contribution in [2.24, 2.45) is 0 Å². The standard InChI is InChI=1S/C14H24N4O.2ClH/c1-4-18(5-2)10-11(3)17-14(19)8-13-7-6-12(15)9-16-13;;/h6-7,9,11H,4-5,8,10,15H2,1-3H3,(H,17,19);2*1H. The molecule has 1 unspecified atom stereocenters. The highest BCUT2D eigenvalue weighted by Gasteiger charge is 2.11. The molecule has 1 aromatic rings. The second-order valence-corrected chi connectivity index (χ2v) is 4.71. The molecule has 0 aliphatic carbocycles. The minimum Gasteiger partial charge on any atom is -0.397 e. The third-order valence-corrected chi connectivity index (χ3v) is 3.02. The van der Waals surface area contributed by atoms with Gasteiger partial charge in [0.15, 0.2) is 0 Å². The van der Waals surface area contributed by atoms with E-state index in [1.165, 1.54) is 0 Å². The van der Waals surface area contributed by atoms with E-state index in [1.807, 2.05) is 6.92 Å². The van der Waals surface area contributed by atoms with Crippen molar-refractivity contribution in [2.75, 3.05) is 25.4 Å². The lowest BCUT2D eigenvalue weighted by molar-refractivity contribution is -0.121. The van der Waals surface area contributed by atoms with Gasteiger partial charge in [0.1, 0.15) is 0 Å². The van der Waals surface area contributed by atoms with E-state index in [1.54, 1.807) is 18.3 Å². The van der Waals surface area contributed by atoms with Crippen LogP contribution in [0.15, 0.2) is 18.3 Å². The van der Waals surface area contributed by atoms with Crippen LogP contribution in [0.5, 0.6) is 0 Å². The van der Waals surface area contributed by atoms with Gasteiger partial charge in [-0.1, -0.05) is 13.8 Å². The Morgan fingerprint density at radius 3 is 2.43 bits per heavy atom. The van der Waals surface area contributed by atoms with E-state index < -0.39 is 0 Å². The molecule has 5 nitrogen and oxygen atoms in total. The zero-order valence-corrected chi connectivity index (χ0v) is 14.5. The number of nitrogen functional groups attached to an aromatic ring is 1. The predicted octanol–water partition coefficient (Wildman–Crippen LogP) is 1.90. The van der Waals surface area contributed by atoms with Crippen molar-refractivity contribution in [3.63, 3.8) is 0 Å². The summed E-state index contributed by atoms with van der Waals surface area (Å²) in [6.07, 6.45) is 1.87. The van der Waals surface area contributed by atoms with Gasteiger partial charge in [-0.25, -0.2) is 0 Å². The van der Waals surface area contributed by atoms with Crippen molar-refractivity contribution in [1.29, 1.82) is 0 Å². The van der Waals surface area contributed by atoms with Crippen LogP contribution in [-0.4, -0.2) is 41.5 Å². The molecule has 0 aliphatic rings. The molecule has 21 heavy (non-hydrogen) atoms. The van der Waals surface area contributed by atoms with Crippen LogP contribution in [-0.2, 0) is 11.2 Å². The summed E-state index contributed by atoms with van der Waals surface area (Å²) >= 11 is 0. The molecule has 1 aromatic heterocycles. The fourth-order valence-electron chi connectivity index (χ4n) is 1.95. The monoisotopic (exact) mass is 336 g/mol. The topological polar surface area (TPSA) is 71.2 Å². The smallest absolute Gasteiger partial charge is 0.226 e. The van der Waals surface area contributed by atoms with E-state index >= 15 is 0 Å². The normalized spacial score (nSPS) is 11.2. The van der Waals surface area contributed by atoms with E-state index in [0.29, 0.717) is 12.1 Å². The molecule has 0 radical (unpaired) electrons. The van der Waals surface area contributed by atoms with Crippen molar-refractivity contribution >= 4 is 36.4 Å². The molecule has 0 bridgehead atoms. The third kappa shape index (κ3) is 8.75. The molecule has 0 spiro atoms. The van der Waals surface area contributed by atoms with Gasteiger partial charge in [-0.05, 0) is 32.1 Å². The van der Waals surface area contributed by atoms with Gasteiger partial charge >= 0.3 is 0 Å². The number of carbonyl (C=O) groups excluding carboxylic acids is 1. The average molecular weight is 337 g/mol. The number of halogens is 2. The fourth-order valence-corrected chi connectivity index (χ4v) is 1.95. The minimum absolute atomic E-state index is 0. The summed E-state index contributed by atoms with van der Waals surface area (Å²) in [5.41, 5.74) is 6.90. The molecule has 0 aliphatic heterocycles. The second kappa shape index (κ2) is 11.6. The van der Waals surface area contributed by atoms with E-state index in [4.69, 9.17) is 5.73 Å². The lowest BCUT2D eigenvalue weighted by Crippen LogP contribution is -2.42. The first-order valence-corrected chi connectivity index (χ1v) is 6.77. The number of nitrogens with one attached hydrogen (secondary N) is 1. The van der Waals surface area contributed by atoms with Crippen LogP contribution < -0.4 is 11.1 Å². The number of amides is 1. The van der Waals surface area contributed by atoms with Crippen LogP contribution in [0.4, 0.5) is 5.69 Å². The van der Waals surface area contributed by atoms with Crippen LogP contribution >= 0.6 is 24.8 Å². The zero-order chi connectivity index (χ0) is 14.3. The molecule has 3 N–H and O–H groups in total. The van der Waals surface area contributed by atoms with E-state index in [9.17, 15) is 4.79 Å². The minimum atomic E-state index is -0.00284. The number of pyridine rings is 1. The molecule has 1 heterocycles. The molecule has 0 aromatic carbocycles. The Bertz CT molecular complexity index is 396. The first kappa shape index (κ1) is 22.2. The van der Waals surface area contributed by atoms with Gasteiger partial charge in [-0.15, -0.1) is 24.8 Å². The van der Waals surface area contributed by atoms with Crippen LogP contribution in [0.1, 0.15) is 26.5 Å². The molecule has 1 rings (SSSR count). The number of rotatable bonds is 7. The quantitative estimate of drug-likeness (QED) is 0.797. The lowest BCUT2D eigenvalue weighted by atomic mass is 10.2. The Balaban J connectivity index is 0. The molecule has 1 atom stereocenters. The summed E-state index contributed by atoms with van der Waals surface area (Å²) in [6.45, 7) is 9.12. The summed E-state index contributed by atoms with van der Waals surface area (Å²) in [4.78, 5) is 18.3. The summed E-state index contributed by atoms with van der Waals surface area (Å²) in [6, 6.07) is 3.68. The van der Waals surface area contributed by atoms with Gasteiger partial charge in [0.25, 0.3) is 0 Å². The highest BCUT2D eigenvalue weighted by Crippen LogP contribution is 2.02. The maximum atomic E-state index is 11.9. The Labute approximate surface area is 139 Å². The second-order valence-electron chi connectivity index (χ2n) is 4.71. The van der Waals surface area contributed by atoms with Crippen LogP contribution in [0.25, 0.3) is 0 Å². The van der Waals surface area contributed by atoms with Crippen molar-refractivity contribution in [1.82, 2.24) is 15.2 Å². The Morgan fingerprint density at radius 1 is 1.33 bits per heavy atom. The number of aromatic nitrogens is 1. The number of anilines is 1. The molecular weight excluding hydrogens is 311 g/mol. The number of nitrogens with zero attached hydrogens (tertiary/aromatic N) is 2. The van der Waals surface area contributed by atoms with Gasteiger partial charge < -0.3 is 16.0 Å². The summed E-state index contributed by atoms with van der Waals surface area (Å²) in [7, 11) is 0. The number of hydrogen-bond acceptors (Lipinski definition) is 4. The van der Waals surface area contributed by atoms with Crippen molar-refractivity contribution in [3.8, 4) is 0 Å². The van der Waals surface area contributed by atoms with Gasteiger partial charge in [-0.2, -0.15) is 0 Å². The zero-order valence-electron chi connectivity index (χ0n) is 12.8. The third-order valence-electron chi connectivity index (χ3n) is 3.02. The van der Waals surface area contributed by atoms with Crippen molar-refractivity contribution in [3.05, 3.63) is 24.0 Å². The average Bonchev–Trinajstić information content (AvgIpc) is 2.38. The van der Waals surface area contributed by atoms with E-state index in [-0.39, 0.29) is 36.8 Å². The lowest BCUT2D eigenvalue weighted by Gasteiger charge is -2.23. The number of hydrogen-bond donors (Lipinski definition) is 2. The number of carbonyl (C=O) groups is 1. The molecule has 7 heteroatoms. The van der Waals surface area contributed by atoms with Gasteiger partial charge in [-0.3, -0.25) is 9.78 Å². The van der Waals surface area contributed by atoms with E-state index in [0.717, 1.165) is 25.3 Å². The van der Waals surface area contributed by atoms with Gasteiger partial charge in [0, 0.05) is 18.3 Å². The first-order chi connectivity index (χ1) is 9.05.